The van der Waals surface area contributed by atoms with Gasteiger partial charge in [0.25, 0.3) is 5.91 Å². The van der Waals surface area contributed by atoms with Gasteiger partial charge >= 0.3 is 0 Å². The highest BCUT2D eigenvalue weighted by Gasteiger charge is 2.39. The van der Waals surface area contributed by atoms with E-state index in [1.807, 2.05) is 37.3 Å². The highest BCUT2D eigenvalue weighted by molar-refractivity contribution is 5.99. The van der Waals surface area contributed by atoms with Crippen LogP contribution in [0.25, 0.3) is 0 Å². The minimum absolute atomic E-state index is 0.0620. The van der Waals surface area contributed by atoms with Gasteiger partial charge in [-0.1, -0.05) is 37.3 Å². The Balaban J connectivity index is 1.40. The lowest BCUT2D eigenvalue weighted by molar-refractivity contribution is -0.134. The van der Waals surface area contributed by atoms with E-state index in [-0.39, 0.29) is 55.0 Å². The van der Waals surface area contributed by atoms with Gasteiger partial charge in [-0.25, -0.2) is 0 Å². The van der Waals surface area contributed by atoms with Crippen molar-refractivity contribution in [1.29, 1.82) is 0 Å². The topological polar surface area (TPSA) is 97.0 Å². The number of nitrogens with zero attached hydrogens (tertiary/aromatic N) is 1. The summed E-state index contributed by atoms with van der Waals surface area (Å²) in [4.78, 5) is 39.4. The predicted molar refractivity (Wildman–Crippen MR) is 132 cm³/mol. The molecule has 2 aliphatic heterocycles. The number of ether oxygens (including phenoxy) is 2. The Morgan fingerprint density at radius 3 is 2.63 bits per heavy atom. The van der Waals surface area contributed by atoms with Crippen molar-refractivity contribution >= 4 is 23.4 Å². The number of hydrogen-bond donors (Lipinski definition) is 2. The highest BCUT2D eigenvalue weighted by atomic mass is 16.5. The molecule has 0 aromatic heterocycles. The third kappa shape index (κ3) is 5.82. The summed E-state index contributed by atoms with van der Waals surface area (Å²) >= 11 is 0. The highest BCUT2D eigenvalue weighted by Crippen LogP contribution is 2.32. The van der Waals surface area contributed by atoms with E-state index < -0.39 is 0 Å². The number of carbonyl (C=O) groups is 3. The molecule has 2 heterocycles. The van der Waals surface area contributed by atoms with Crippen LogP contribution >= 0.6 is 0 Å². The molecule has 2 aromatic carbocycles. The predicted octanol–water partition coefficient (Wildman–Crippen LogP) is 3.68. The largest absolute Gasteiger partial charge is 0.490 e. The number of hydrogen-bond acceptors (Lipinski definition) is 5. The van der Waals surface area contributed by atoms with Gasteiger partial charge in [-0.3, -0.25) is 14.4 Å². The molecule has 3 amide bonds. The first-order valence-electron chi connectivity index (χ1n) is 12.2. The lowest BCUT2D eigenvalue weighted by Crippen LogP contribution is -2.54. The molecule has 1 fully saturated rings. The summed E-state index contributed by atoms with van der Waals surface area (Å²) in [6, 6.07) is 14.7. The first kappa shape index (κ1) is 24.7. The summed E-state index contributed by atoms with van der Waals surface area (Å²) in [6.07, 6.45) is 1.42. The number of fused-ring (bicyclic) bond motifs is 2. The van der Waals surface area contributed by atoms with Crippen molar-refractivity contribution < 1.29 is 23.9 Å². The van der Waals surface area contributed by atoms with Gasteiger partial charge in [0.15, 0.2) is 0 Å². The van der Waals surface area contributed by atoms with Crippen LogP contribution in [0.5, 0.6) is 5.75 Å². The van der Waals surface area contributed by atoms with Crippen LogP contribution in [0.1, 0.15) is 61.5 Å². The molecular formula is C27H33N3O5. The number of anilines is 1. The van der Waals surface area contributed by atoms with Crippen molar-refractivity contribution in [2.45, 2.75) is 63.8 Å². The summed E-state index contributed by atoms with van der Waals surface area (Å²) in [5.74, 6) is 0.0909. The Bertz CT molecular complexity index is 1070. The Hall–Kier alpha value is -3.39. The smallest absolute Gasteiger partial charge is 0.257 e. The minimum Gasteiger partial charge on any atom is -0.490 e. The molecule has 4 atom stereocenters. The Labute approximate surface area is 206 Å². The van der Waals surface area contributed by atoms with E-state index in [4.69, 9.17) is 9.47 Å². The Morgan fingerprint density at radius 2 is 1.89 bits per heavy atom. The van der Waals surface area contributed by atoms with Crippen LogP contribution in [0, 0.1) is 0 Å². The second-order valence-electron chi connectivity index (χ2n) is 9.18. The second-order valence-corrected chi connectivity index (χ2v) is 9.18. The molecule has 0 saturated carbocycles. The summed E-state index contributed by atoms with van der Waals surface area (Å²) in [5.41, 5.74) is 2.03. The van der Waals surface area contributed by atoms with Crippen molar-refractivity contribution in [3.63, 3.8) is 0 Å². The van der Waals surface area contributed by atoms with E-state index in [0.29, 0.717) is 36.3 Å². The van der Waals surface area contributed by atoms with Gasteiger partial charge < -0.3 is 25.0 Å². The normalized spacial score (nSPS) is 22.5. The molecule has 35 heavy (non-hydrogen) atoms. The zero-order valence-electron chi connectivity index (χ0n) is 20.5. The van der Waals surface area contributed by atoms with E-state index in [9.17, 15) is 14.4 Å². The lowest BCUT2D eigenvalue weighted by atomic mass is 9.94. The molecule has 186 valence electrons. The van der Waals surface area contributed by atoms with Gasteiger partial charge in [0.1, 0.15) is 18.5 Å². The fraction of sp³-hybridized carbons (Fsp3) is 0.444. The van der Waals surface area contributed by atoms with Crippen LogP contribution in [0.15, 0.2) is 48.5 Å². The van der Waals surface area contributed by atoms with Gasteiger partial charge in [-0.15, -0.1) is 0 Å². The molecule has 0 spiro atoms. The van der Waals surface area contributed by atoms with Gasteiger partial charge in [0.2, 0.25) is 11.8 Å². The molecule has 8 nitrogen and oxygen atoms in total. The molecule has 2 aromatic rings. The number of amides is 3. The van der Waals surface area contributed by atoms with Crippen LogP contribution < -0.4 is 15.4 Å². The van der Waals surface area contributed by atoms with E-state index >= 15 is 0 Å². The average molecular weight is 480 g/mol. The third-order valence-corrected chi connectivity index (χ3v) is 6.71. The minimum atomic E-state index is -0.338. The second kappa shape index (κ2) is 10.9. The zero-order valence-corrected chi connectivity index (χ0v) is 20.5. The number of benzene rings is 2. The van der Waals surface area contributed by atoms with Crippen LogP contribution in [-0.4, -0.2) is 54.5 Å². The van der Waals surface area contributed by atoms with Gasteiger partial charge in [0, 0.05) is 19.2 Å². The fourth-order valence-electron chi connectivity index (χ4n) is 4.69. The zero-order chi connectivity index (χ0) is 24.9. The molecule has 0 unspecified atom stereocenters. The van der Waals surface area contributed by atoms with E-state index in [1.54, 1.807) is 37.1 Å². The summed E-state index contributed by atoms with van der Waals surface area (Å²) < 4.78 is 12.3. The van der Waals surface area contributed by atoms with Gasteiger partial charge in [-0.05, 0) is 43.5 Å². The SMILES string of the molecule is CCC(=O)Nc1ccc2c(c1)C(=O)N(C)[C@H]1CC[C@@H](CC(=O)N[C@@H](C)c3ccccc3)O[C@H]1CO2. The van der Waals surface area contributed by atoms with Crippen molar-refractivity contribution in [3.8, 4) is 5.75 Å². The quantitative estimate of drug-likeness (QED) is 0.659. The van der Waals surface area contributed by atoms with Crippen molar-refractivity contribution in [2.75, 3.05) is 19.0 Å². The molecule has 8 heteroatoms. The van der Waals surface area contributed by atoms with E-state index in [1.165, 1.54) is 0 Å². The molecule has 0 bridgehead atoms. The van der Waals surface area contributed by atoms with Crippen LogP contribution in [0.3, 0.4) is 0 Å². The van der Waals surface area contributed by atoms with Gasteiger partial charge in [0.05, 0.1) is 30.2 Å². The molecule has 0 radical (unpaired) electrons. The first-order valence-corrected chi connectivity index (χ1v) is 12.2. The van der Waals surface area contributed by atoms with E-state index in [0.717, 1.165) is 5.56 Å². The maximum absolute atomic E-state index is 13.3. The number of likely N-dealkylation sites (N-methyl/N-ethyl adjacent to an activating group) is 1. The lowest BCUT2D eigenvalue weighted by Gasteiger charge is -2.42. The van der Waals surface area contributed by atoms with Crippen LogP contribution in [0.2, 0.25) is 0 Å². The molecule has 2 aliphatic rings. The third-order valence-electron chi connectivity index (χ3n) is 6.71. The monoisotopic (exact) mass is 479 g/mol. The molecular weight excluding hydrogens is 446 g/mol. The van der Waals surface area contributed by atoms with Crippen molar-refractivity contribution in [3.05, 3.63) is 59.7 Å². The van der Waals surface area contributed by atoms with Crippen LogP contribution in [-0.2, 0) is 14.3 Å². The molecule has 0 aliphatic carbocycles. The number of carbonyl (C=O) groups excluding carboxylic acids is 3. The summed E-state index contributed by atoms with van der Waals surface area (Å²) in [6.45, 7) is 4.01. The van der Waals surface area contributed by atoms with Crippen LogP contribution in [0.4, 0.5) is 5.69 Å². The Kier molecular flexibility index (Phi) is 7.70. The number of rotatable bonds is 6. The fourth-order valence-corrected chi connectivity index (χ4v) is 4.69. The molecule has 4 rings (SSSR count). The molecule has 2 N–H and O–H groups in total. The molecule has 1 saturated heterocycles. The standard InChI is InChI=1S/C27H33N3O5/c1-4-25(31)29-19-10-13-23-21(14-19)27(33)30(3)22-12-11-20(35-24(22)16-34-23)15-26(32)28-17(2)18-8-6-5-7-9-18/h5-10,13-14,17,20,22,24H,4,11-12,15-16H2,1-3H3,(H,28,32)(H,29,31)/t17-,20-,22-,24-/m0/s1. The maximum Gasteiger partial charge on any atom is 0.257 e. The summed E-state index contributed by atoms with van der Waals surface area (Å²) in [5, 5.41) is 5.83. The Morgan fingerprint density at radius 1 is 1.11 bits per heavy atom. The van der Waals surface area contributed by atoms with Crippen molar-refractivity contribution in [2.24, 2.45) is 0 Å². The first-order chi connectivity index (χ1) is 16.9. The average Bonchev–Trinajstić information content (AvgIpc) is 2.86. The van der Waals surface area contributed by atoms with Crippen molar-refractivity contribution in [1.82, 2.24) is 10.2 Å². The maximum atomic E-state index is 13.3. The van der Waals surface area contributed by atoms with Gasteiger partial charge in [-0.2, -0.15) is 0 Å². The number of nitrogens with one attached hydrogen (secondary N) is 2. The van der Waals surface area contributed by atoms with E-state index in [2.05, 4.69) is 10.6 Å². The summed E-state index contributed by atoms with van der Waals surface area (Å²) in [7, 11) is 1.77.